The number of amides is 1. The Morgan fingerprint density at radius 2 is 1.96 bits per heavy atom. The number of morpholine rings is 1. The molecule has 0 saturated carbocycles. The molecule has 1 amide bonds. The van der Waals surface area contributed by atoms with Crippen LogP contribution in [0.2, 0.25) is 5.02 Å². The number of benzene rings is 1. The lowest BCUT2D eigenvalue weighted by atomic mass is 10.3. The third-order valence-corrected chi connectivity index (χ3v) is 4.76. The summed E-state index contributed by atoms with van der Waals surface area (Å²) in [7, 11) is 0. The second kappa shape index (κ2) is 8.00. The van der Waals surface area contributed by atoms with E-state index in [1.165, 1.54) is 0 Å². The molecular formula is C20H21ClN5O2+. The highest BCUT2D eigenvalue weighted by Crippen LogP contribution is 2.16. The zero-order valence-corrected chi connectivity index (χ0v) is 16.2. The summed E-state index contributed by atoms with van der Waals surface area (Å²) in [4.78, 5) is 19.5. The van der Waals surface area contributed by atoms with E-state index >= 15 is 0 Å². The first-order chi connectivity index (χ1) is 13.6. The number of carbonyl (C=O) groups excluding carboxylic acids is 1. The average Bonchev–Trinajstić information content (AvgIpc) is 3.09. The number of aryl methyl sites for hydroxylation is 1. The van der Waals surface area contributed by atoms with Crippen LogP contribution in [0.15, 0.2) is 48.5 Å². The maximum atomic E-state index is 12.8. The number of halogens is 1. The van der Waals surface area contributed by atoms with E-state index in [1.54, 1.807) is 22.9 Å². The molecule has 1 aliphatic rings. The van der Waals surface area contributed by atoms with E-state index in [9.17, 15) is 4.79 Å². The van der Waals surface area contributed by atoms with Gasteiger partial charge in [-0.2, -0.15) is 0 Å². The Morgan fingerprint density at radius 1 is 1.21 bits per heavy atom. The van der Waals surface area contributed by atoms with Crippen molar-refractivity contribution in [3.05, 3.63) is 64.9 Å². The monoisotopic (exact) mass is 398 g/mol. The van der Waals surface area contributed by atoms with Gasteiger partial charge in [-0.05, 0) is 43.3 Å². The van der Waals surface area contributed by atoms with Gasteiger partial charge in [-0.25, -0.2) is 20.2 Å². The van der Waals surface area contributed by atoms with Gasteiger partial charge < -0.3 is 9.64 Å². The van der Waals surface area contributed by atoms with Crippen LogP contribution in [-0.4, -0.2) is 42.3 Å². The third kappa shape index (κ3) is 4.00. The Bertz CT molecular complexity index is 981. The predicted octanol–water partition coefficient (Wildman–Crippen LogP) is 2.74. The van der Waals surface area contributed by atoms with Gasteiger partial charge in [-0.15, -0.1) is 4.68 Å². The van der Waals surface area contributed by atoms with Crippen LogP contribution in [0.4, 0.5) is 11.6 Å². The van der Waals surface area contributed by atoms with E-state index in [1.807, 2.05) is 37.3 Å². The zero-order valence-electron chi connectivity index (χ0n) is 15.5. The molecule has 1 aromatic carbocycles. The smallest absolute Gasteiger partial charge is 0.357 e. The fourth-order valence-electron chi connectivity index (χ4n) is 3.12. The van der Waals surface area contributed by atoms with Crippen molar-refractivity contribution < 1.29 is 14.2 Å². The highest BCUT2D eigenvalue weighted by molar-refractivity contribution is 6.30. The first-order valence-electron chi connectivity index (χ1n) is 9.09. The molecule has 0 radical (unpaired) electrons. The number of aromatic amines is 1. The number of aromatic nitrogens is 3. The molecule has 1 saturated heterocycles. The minimum absolute atomic E-state index is 0.267. The molecule has 0 spiro atoms. The topological polar surface area (TPSA) is 74.1 Å². The molecule has 28 heavy (non-hydrogen) atoms. The zero-order chi connectivity index (χ0) is 19.5. The summed E-state index contributed by atoms with van der Waals surface area (Å²) < 4.78 is 7.18. The third-order valence-electron chi connectivity index (χ3n) is 4.51. The quantitative estimate of drug-likeness (QED) is 0.663. The van der Waals surface area contributed by atoms with Gasteiger partial charge in [-0.1, -0.05) is 17.7 Å². The van der Waals surface area contributed by atoms with Gasteiger partial charge in [0.05, 0.1) is 25.0 Å². The van der Waals surface area contributed by atoms with Gasteiger partial charge in [0, 0.05) is 18.1 Å². The van der Waals surface area contributed by atoms with Crippen molar-refractivity contribution in [3.8, 4) is 5.69 Å². The number of hydrogen-bond acceptors (Lipinski definition) is 4. The Kier molecular flexibility index (Phi) is 5.27. The Morgan fingerprint density at radius 3 is 2.71 bits per heavy atom. The molecule has 7 nitrogen and oxygen atoms in total. The van der Waals surface area contributed by atoms with Gasteiger partial charge >= 0.3 is 11.7 Å². The number of ether oxygens (including phenoxy) is 1. The maximum Gasteiger partial charge on any atom is 0.357 e. The van der Waals surface area contributed by atoms with Crippen LogP contribution < -0.4 is 14.9 Å². The summed E-state index contributed by atoms with van der Waals surface area (Å²) in [6.07, 6.45) is 0. The van der Waals surface area contributed by atoms with E-state index < -0.39 is 0 Å². The van der Waals surface area contributed by atoms with Crippen LogP contribution in [0, 0.1) is 6.92 Å². The molecule has 3 aromatic rings. The molecule has 0 unspecified atom stereocenters. The van der Waals surface area contributed by atoms with Crippen molar-refractivity contribution in [2.45, 2.75) is 6.92 Å². The SMILES string of the molecule is Cc1cc(NC(=O)c2cccc(N3CCOCC3)n2)[n+](-c2ccc(Cl)cc2)[nH]1. The van der Waals surface area contributed by atoms with Gasteiger partial charge in [-0.3, -0.25) is 0 Å². The number of carbonyl (C=O) groups is 1. The van der Waals surface area contributed by atoms with E-state index in [0.717, 1.165) is 30.3 Å². The molecule has 2 aromatic heterocycles. The molecule has 8 heteroatoms. The number of nitrogens with zero attached hydrogens (tertiary/aromatic N) is 3. The van der Waals surface area contributed by atoms with Crippen LogP contribution in [-0.2, 0) is 4.74 Å². The van der Waals surface area contributed by atoms with Crippen molar-refractivity contribution >= 4 is 29.1 Å². The van der Waals surface area contributed by atoms with E-state index in [-0.39, 0.29) is 5.91 Å². The highest BCUT2D eigenvalue weighted by Gasteiger charge is 2.22. The number of anilines is 2. The molecular weight excluding hydrogens is 378 g/mol. The molecule has 2 N–H and O–H groups in total. The molecule has 1 fully saturated rings. The largest absolute Gasteiger partial charge is 0.378 e. The summed E-state index contributed by atoms with van der Waals surface area (Å²) in [6, 6.07) is 14.7. The lowest BCUT2D eigenvalue weighted by molar-refractivity contribution is -0.641. The molecule has 0 atom stereocenters. The molecule has 0 aliphatic carbocycles. The van der Waals surface area contributed by atoms with Gasteiger partial charge in [0.2, 0.25) is 0 Å². The normalized spacial score (nSPS) is 14.1. The van der Waals surface area contributed by atoms with Crippen LogP contribution in [0.5, 0.6) is 0 Å². The summed E-state index contributed by atoms with van der Waals surface area (Å²) in [5, 5.41) is 6.82. The average molecular weight is 399 g/mol. The Hall–Kier alpha value is -2.90. The van der Waals surface area contributed by atoms with Crippen molar-refractivity contribution in [2.24, 2.45) is 0 Å². The maximum absolute atomic E-state index is 12.8. The van der Waals surface area contributed by atoms with E-state index in [4.69, 9.17) is 16.3 Å². The predicted molar refractivity (Wildman–Crippen MR) is 107 cm³/mol. The molecule has 1 aliphatic heterocycles. The summed E-state index contributed by atoms with van der Waals surface area (Å²) >= 11 is 5.98. The second-order valence-electron chi connectivity index (χ2n) is 6.57. The Balaban J connectivity index is 1.57. The number of H-pyrrole nitrogens is 1. The molecule has 0 bridgehead atoms. The van der Waals surface area contributed by atoms with E-state index in [0.29, 0.717) is 29.7 Å². The van der Waals surface area contributed by atoms with Gasteiger partial charge in [0.15, 0.2) is 11.4 Å². The van der Waals surface area contributed by atoms with Crippen LogP contribution in [0.3, 0.4) is 0 Å². The number of hydrogen-bond donors (Lipinski definition) is 2. The first-order valence-corrected chi connectivity index (χ1v) is 9.47. The van der Waals surface area contributed by atoms with Crippen LogP contribution in [0.25, 0.3) is 5.69 Å². The van der Waals surface area contributed by atoms with Crippen LogP contribution >= 0.6 is 11.6 Å². The van der Waals surface area contributed by atoms with Crippen LogP contribution in [0.1, 0.15) is 16.2 Å². The van der Waals surface area contributed by atoms with Crippen molar-refractivity contribution in [2.75, 3.05) is 36.5 Å². The molecule has 3 heterocycles. The highest BCUT2D eigenvalue weighted by atomic mass is 35.5. The number of nitrogens with one attached hydrogen (secondary N) is 2. The minimum atomic E-state index is -0.267. The fourth-order valence-corrected chi connectivity index (χ4v) is 3.25. The Labute approximate surface area is 167 Å². The fraction of sp³-hybridized carbons (Fsp3) is 0.250. The summed E-state index contributed by atoms with van der Waals surface area (Å²) in [5.41, 5.74) is 2.15. The lowest BCUT2D eigenvalue weighted by Crippen LogP contribution is -2.38. The minimum Gasteiger partial charge on any atom is -0.378 e. The van der Waals surface area contributed by atoms with Crippen molar-refractivity contribution in [3.63, 3.8) is 0 Å². The lowest BCUT2D eigenvalue weighted by Gasteiger charge is -2.27. The number of pyridine rings is 1. The van der Waals surface area contributed by atoms with Gasteiger partial charge in [0.1, 0.15) is 5.82 Å². The second-order valence-corrected chi connectivity index (χ2v) is 7.01. The molecule has 4 rings (SSSR count). The standard InChI is InChI=1S/C20H20ClN5O2/c1-14-13-19(26(24-14)16-7-5-15(21)6-8-16)23-20(27)17-3-2-4-18(22-17)25-9-11-28-12-10-25/h2-8,13H,9-12H2,1H3,(H,23,24,27)/p+1. The summed E-state index contributed by atoms with van der Waals surface area (Å²) in [6.45, 7) is 4.81. The summed E-state index contributed by atoms with van der Waals surface area (Å²) in [5.74, 6) is 1.15. The molecule has 144 valence electrons. The van der Waals surface area contributed by atoms with E-state index in [2.05, 4.69) is 20.3 Å². The number of rotatable bonds is 4. The first kappa shape index (κ1) is 18.5. The van der Waals surface area contributed by atoms with Crippen molar-refractivity contribution in [1.29, 1.82) is 0 Å². The van der Waals surface area contributed by atoms with Crippen molar-refractivity contribution in [1.82, 2.24) is 10.1 Å². The van der Waals surface area contributed by atoms with Gasteiger partial charge in [0.25, 0.3) is 0 Å².